The molecule has 1 N–H and O–H groups in total. The number of ether oxygens (including phenoxy) is 1. The van der Waals surface area contributed by atoms with E-state index in [4.69, 9.17) is 4.74 Å². The van der Waals surface area contributed by atoms with E-state index in [0.29, 0.717) is 25.2 Å². The number of nitrogens with one attached hydrogen (secondary N) is 1. The Hall–Kier alpha value is -3.32. The van der Waals surface area contributed by atoms with Crippen LogP contribution >= 0.6 is 0 Å². The van der Waals surface area contributed by atoms with Crippen molar-refractivity contribution in [3.8, 4) is 0 Å². The van der Waals surface area contributed by atoms with Crippen molar-refractivity contribution in [1.29, 1.82) is 0 Å². The van der Waals surface area contributed by atoms with Crippen LogP contribution in [0.3, 0.4) is 0 Å². The van der Waals surface area contributed by atoms with Crippen LogP contribution in [0.25, 0.3) is 5.70 Å². The molecule has 7 heteroatoms. The van der Waals surface area contributed by atoms with Gasteiger partial charge in [-0.3, -0.25) is 15.3 Å². The predicted octanol–water partition coefficient (Wildman–Crippen LogP) is 4.93. The Morgan fingerprint density at radius 1 is 1.03 bits per heavy atom. The number of carbonyl (C=O) groups is 1. The quantitative estimate of drug-likeness (QED) is 0.660. The number of hydrogen-bond acceptors (Lipinski definition) is 5. The average molecular weight is 479 g/mol. The standard InChI is InChI=1S/C28H35FN4O2/c1-21-16-24(10-11-25(21)29)26-17-23(20-33(30-26)19-22-8-6-5-7-9-22)18-31-12-14-32(15-13-31)27(34)35-28(2,3)4/h5-11,16-17,20,30H,12-15,18-19H2,1-4H3. The van der Waals surface area contributed by atoms with Crippen LogP contribution in [0, 0.1) is 12.7 Å². The normalized spacial score (nSPS) is 16.9. The molecule has 0 spiro atoms. The first-order chi connectivity index (χ1) is 16.7. The van der Waals surface area contributed by atoms with Crippen LogP contribution in [0.2, 0.25) is 0 Å². The highest BCUT2D eigenvalue weighted by Crippen LogP contribution is 2.23. The van der Waals surface area contributed by atoms with Crippen LogP contribution in [-0.2, 0) is 11.3 Å². The lowest BCUT2D eigenvalue weighted by Gasteiger charge is -2.36. The van der Waals surface area contributed by atoms with Gasteiger partial charge < -0.3 is 9.64 Å². The molecule has 4 rings (SSSR count). The summed E-state index contributed by atoms with van der Waals surface area (Å²) in [5.41, 5.74) is 7.85. The second-order valence-corrected chi connectivity index (χ2v) is 10.2. The molecule has 186 valence electrons. The molecule has 1 saturated heterocycles. The fraction of sp³-hybridized carbons (Fsp3) is 0.393. The SMILES string of the molecule is Cc1cc(C2=CC(CN3CCN(C(=O)OC(C)(C)C)CC3)=CN(Cc3ccccc3)N2)ccc1F. The molecule has 2 aliphatic heterocycles. The molecule has 0 atom stereocenters. The summed E-state index contributed by atoms with van der Waals surface area (Å²) in [5, 5.41) is 2.08. The Balaban J connectivity index is 1.47. The summed E-state index contributed by atoms with van der Waals surface area (Å²) in [6.45, 7) is 11.8. The minimum absolute atomic E-state index is 0.204. The zero-order valence-corrected chi connectivity index (χ0v) is 21.1. The highest BCUT2D eigenvalue weighted by atomic mass is 19.1. The molecular weight excluding hydrogens is 443 g/mol. The maximum Gasteiger partial charge on any atom is 0.410 e. The number of rotatable bonds is 5. The van der Waals surface area contributed by atoms with Gasteiger partial charge in [-0.2, -0.15) is 0 Å². The van der Waals surface area contributed by atoms with E-state index in [-0.39, 0.29) is 11.9 Å². The topological polar surface area (TPSA) is 48.1 Å². The fourth-order valence-corrected chi connectivity index (χ4v) is 4.23. The Labute approximate surface area is 207 Å². The van der Waals surface area contributed by atoms with Gasteiger partial charge in [-0.1, -0.05) is 30.3 Å². The molecule has 35 heavy (non-hydrogen) atoms. The van der Waals surface area contributed by atoms with Gasteiger partial charge in [-0.25, -0.2) is 9.18 Å². The van der Waals surface area contributed by atoms with Crippen molar-refractivity contribution in [2.24, 2.45) is 0 Å². The predicted molar refractivity (Wildman–Crippen MR) is 137 cm³/mol. The van der Waals surface area contributed by atoms with Gasteiger partial charge in [-0.15, -0.1) is 0 Å². The van der Waals surface area contributed by atoms with E-state index in [2.05, 4.69) is 39.7 Å². The minimum atomic E-state index is -0.490. The molecule has 0 saturated carbocycles. The van der Waals surface area contributed by atoms with Crippen molar-refractivity contribution in [3.63, 3.8) is 0 Å². The minimum Gasteiger partial charge on any atom is -0.444 e. The van der Waals surface area contributed by atoms with Gasteiger partial charge in [-0.05, 0) is 74.2 Å². The Kier molecular flexibility index (Phi) is 7.45. The number of amides is 1. The fourth-order valence-electron chi connectivity index (χ4n) is 4.23. The summed E-state index contributed by atoms with van der Waals surface area (Å²) >= 11 is 0. The van der Waals surface area contributed by atoms with E-state index >= 15 is 0 Å². The maximum absolute atomic E-state index is 13.9. The maximum atomic E-state index is 13.9. The van der Waals surface area contributed by atoms with Crippen molar-refractivity contribution in [1.82, 2.24) is 20.2 Å². The molecular formula is C28H35FN4O2. The number of piperazine rings is 1. The molecule has 0 aliphatic carbocycles. The van der Waals surface area contributed by atoms with Crippen molar-refractivity contribution in [2.45, 2.75) is 39.8 Å². The number of aryl methyl sites for hydroxylation is 1. The van der Waals surface area contributed by atoms with E-state index in [1.807, 2.05) is 51.1 Å². The van der Waals surface area contributed by atoms with Crippen molar-refractivity contribution in [2.75, 3.05) is 32.7 Å². The van der Waals surface area contributed by atoms with Crippen LogP contribution in [0.4, 0.5) is 9.18 Å². The first-order valence-corrected chi connectivity index (χ1v) is 12.1. The van der Waals surface area contributed by atoms with Crippen LogP contribution < -0.4 is 5.43 Å². The molecule has 1 fully saturated rings. The number of carbonyl (C=O) groups excluding carboxylic acids is 1. The molecule has 2 aromatic rings. The van der Waals surface area contributed by atoms with E-state index in [1.54, 1.807) is 11.8 Å². The highest BCUT2D eigenvalue weighted by molar-refractivity contribution is 5.69. The molecule has 0 aromatic heterocycles. The molecule has 6 nitrogen and oxygen atoms in total. The number of halogens is 1. The molecule has 1 amide bonds. The van der Waals surface area contributed by atoms with Crippen molar-refractivity contribution < 1.29 is 13.9 Å². The monoisotopic (exact) mass is 478 g/mol. The van der Waals surface area contributed by atoms with E-state index in [9.17, 15) is 9.18 Å². The molecule has 2 aliphatic rings. The van der Waals surface area contributed by atoms with Gasteiger partial charge in [0, 0.05) is 38.9 Å². The number of nitrogens with zero attached hydrogens (tertiary/aromatic N) is 3. The third kappa shape index (κ3) is 6.85. The summed E-state index contributed by atoms with van der Waals surface area (Å²) in [4.78, 5) is 16.5. The van der Waals surface area contributed by atoms with Gasteiger partial charge in [0.2, 0.25) is 0 Å². The Morgan fingerprint density at radius 3 is 2.40 bits per heavy atom. The van der Waals surface area contributed by atoms with E-state index in [0.717, 1.165) is 36.5 Å². The number of hydrazine groups is 1. The zero-order chi connectivity index (χ0) is 25.0. The number of benzene rings is 2. The second kappa shape index (κ2) is 10.5. The first-order valence-electron chi connectivity index (χ1n) is 12.1. The smallest absolute Gasteiger partial charge is 0.410 e. The molecule has 0 radical (unpaired) electrons. The summed E-state index contributed by atoms with van der Waals surface area (Å²) in [6, 6.07) is 15.5. The number of hydrogen-bond donors (Lipinski definition) is 1. The third-order valence-corrected chi connectivity index (χ3v) is 6.01. The lowest BCUT2D eigenvalue weighted by molar-refractivity contribution is 0.0152. The van der Waals surface area contributed by atoms with E-state index in [1.165, 1.54) is 11.6 Å². The van der Waals surface area contributed by atoms with Gasteiger partial charge >= 0.3 is 6.09 Å². The van der Waals surface area contributed by atoms with Gasteiger partial charge in [0.15, 0.2) is 0 Å². The zero-order valence-electron chi connectivity index (χ0n) is 21.1. The summed E-state index contributed by atoms with van der Waals surface area (Å²) < 4.78 is 19.4. The van der Waals surface area contributed by atoms with Crippen LogP contribution in [-0.4, -0.2) is 59.2 Å². The van der Waals surface area contributed by atoms with Crippen LogP contribution in [0.15, 0.2) is 66.4 Å². The van der Waals surface area contributed by atoms with Crippen LogP contribution in [0.1, 0.15) is 37.5 Å². The van der Waals surface area contributed by atoms with Crippen LogP contribution in [0.5, 0.6) is 0 Å². The summed E-state index contributed by atoms with van der Waals surface area (Å²) in [5.74, 6) is -0.204. The van der Waals surface area contributed by atoms with Crippen molar-refractivity contribution in [3.05, 3.63) is 88.9 Å². The molecule has 2 aromatic carbocycles. The highest BCUT2D eigenvalue weighted by Gasteiger charge is 2.26. The average Bonchev–Trinajstić information content (AvgIpc) is 2.81. The summed E-state index contributed by atoms with van der Waals surface area (Å²) in [6.07, 6.45) is 4.02. The second-order valence-electron chi connectivity index (χ2n) is 10.2. The molecule has 0 unspecified atom stereocenters. The van der Waals surface area contributed by atoms with Gasteiger partial charge in [0.1, 0.15) is 11.4 Å². The molecule has 2 heterocycles. The van der Waals surface area contributed by atoms with E-state index < -0.39 is 5.60 Å². The molecule has 0 bridgehead atoms. The lowest BCUT2D eigenvalue weighted by Crippen LogP contribution is -2.50. The Bertz CT molecular complexity index is 1100. The van der Waals surface area contributed by atoms with Gasteiger partial charge in [0.25, 0.3) is 0 Å². The summed E-state index contributed by atoms with van der Waals surface area (Å²) in [7, 11) is 0. The Morgan fingerprint density at radius 2 is 1.74 bits per heavy atom. The van der Waals surface area contributed by atoms with Crippen molar-refractivity contribution >= 4 is 11.8 Å². The lowest BCUT2D eigenvalue weighted by atomic mass is 10.0. The van der Waals surface area contributed by atoms with Gasteiger partial charge in [0.05, 0.1) is 12.2 Å². The first kappa shape index (κ1) is 24.8. The third-order valence-electron chi connectivity index (χ3n) is 6.01. The largest absolute Gasteiger partial charge is 0.444 e.